The number of carboxylic acids is 1. The van der Waals surface area contributed by atoms with E-state index in [0.717, 1.165) is 16.8 Å². The largest absolute Gasteiger partial charge is 0.481 e. The average Bonchev–Trinajstić information content (AvgIpc) is 2.57. The zero-order valence-corrected chi connectivity index (χ0v) is 14.9. The average molecular weight is 376 g/mol. The number of hydrogen-bond donors (Lipinski definition) is 1. The van der Waals surface area contributed by atoms with Crippen molar-refractivity contribution >= 4 is 40.1 Å². The van der Waals surface area contributed by atoms with Crippen LogP contribution in [0.15, 0.2) is 42.5 Å². The Hall–Kier alpha value is -2.30. The fourth-order valence-electron chi connectivity index (χ4n) is 2.60. The van der Waals surface area contributed by atoms with Crippen LogP contribution in [0.3, 0.4) is 0 Å². The van der Waals surface area contributed by atoms with Crippen molar-refractivity contribution in [1.29, 1.82) is 0 Å². The number of aromatic nitrogens is 1. The van der Waals surface area contributed by atoms with Gasteiger partial charge in [0.25, 0.3) is 0 Å². The fourth-order valence-corrected chi connectivity index (χ4v) is 2.93. The summed E-state index contributed by atoms with van der Waals surface area (Å²) >= 11 is 12.2. The molecule has 0 atom stereocenters. The van der Waals surface area contributed by atoms with Crippen LogP contribution >= 0.6 is 23.2 Å². The zero-order valence-electron chi connectivity index (χ0n) is 13.4. The molecule has 1 heterocycles. The number of aliphatic carboxylic acids is 1. The van der Waals surface area contributed by atoms with Gasteiger partial charge < -0.3 is 9.84 Å². The van der Waals surface area contributed by atoms with Crippen molar-refractivity contribution in [2.75, 3.05) is 6.61 Å². The first-order chi connectivity index (χ1) is 11.9. The number of fused-ring (bicyclic) bond motifs is 1. The molecule has 0 aliphatic carbocycles. The van der Waals surface area contributed by atoms with Gasteiger partial charge >= 0.3 is 5.97 Å². The molecule has 25 heavy (non-hydrogen) atoms. The van der Waals surface area contributed by atoms with Crippen molar-refractivity contribution < 1.29 is 14.6 Å². The van der Waals surface area contributed by atoms with Gasteiger partial charge in [-0.15, -0.1) is 0 Å². The molecule has 0 fully saturated rings. The van der Waals surface area contributed by atoms with Crippen molar-refractivity contribution in [1.82, 2.24) is 4.98 Å². The molecule has 1 aromatic heterocycles. The van der Waals surface area contributed by atoms with Crippen LogP contribution in [-0.4, -0.2) is 22.7 Å². The molecule has 1 N–H and O–H groups in total. The predicted molar refractivity (Wildman–Crippen MR) is 98.9 cm³/mol. The smallest absolute Gasteiger partial charge is 0.341 e. The molecule has 0 bridgehead atoms. The van der Waals surface area contributed by atoms with Gasteiger partial charge in [0.1, 0.15) is 5.75 Å². The normalized spacial score (nSPS) is 10.8. The third-order valence-electron chi connectivity index (χ3n) is 3.85. The van der Waals surface area contributed by atoms with Gasteiger partial charge in [0, 0.05) is 16.1 Å². The lowest BCUT2D eigenvalue weighted by Crippen LogP contribution is -2.10. The van der Waals surface area contributed by atoms with Gasteiger partial charge in [-0.1, -0.05) is 35.3 Å². The maximum absolute atomic E-state index is 10.8. The number of rotatable bonds is 5. The molecule has 0 aliphatic heterocycles. The lowest BCUT2D eigenvalue weighted by molar-refractivity contribution is -0.139. The quantitative estimate of drug-likeness (QED) is 0.688. The Kier molecular flexibility index (Phi) is 5.11. The fraction of sp³-hybridized carbons (Fsp3) is 0.158. The van der Waals surface area contributed by atoms with Crippen LogP contribution in [0.25, 0.3) is 10.9 Å². The molecule has 0 aliphatic rings. The van der Waals surface area contributed by atoms with E-state index in [-0.39, 0.29) is 0 Å². The molecule has 6 heteroatoms. The van der Waals surface area contributed by atoms with Crippen molar-refractivity contribution in [3.05, 3.63) is 69.3 Å². The van der Waals surface area contributed by atoms with Crippen LogP contribution < -0.4 is 4.74 Å². The Morgan fingerprint density at radius 3 is 2.56 bits per heavy atom. The number of ether oxygens (including phenoxy) is 1. The SMILES string of the molecule is Cc1nc2c(Cl)ccc(OCC(=O)O)c2cc1Cc1ccc(Cl)cc1. The number of pyridine rings is 1. The highest BCUT2D eigenvalue weighted by atomic mass is 35.5. The summed E-state index contributed by atoms with van der Waals surface area (Å²) in [6.07, 6.45) is 0.677. The summed E-state index contributed by atoms with van der Waals surface area (Å²) in [4.78, 5) is 15.4. The number of halogens is 2. The molecular formula is C19H15Cl2NO3. The zero-order chi connectivity index (χ0) is 18.0. The summed E-state index contributed by atoms with van der Waals surface area (Å²) in [5.74, 6) is -0.587. The van der Waals surface area contributed by atoms with Gasteiger partial charge in [0.15, 0.2) is 6.61 Å². The van der Waals surface area contributed by atoms with Gasteiger partial charge in [-0.05, 0) is 54.8 Å². The molecule has 0 amide bonds. The summed E-state index contributed by atoms with van der Waals surface area (Å²) in [5.41, 5.74) is 3.57. The summed E-state index contributed by atoms with van der Waals surface area (Å²) in [6, 6.07) is 12.9. The number of nitrogens with zero attached hydrogens (tertiary/aromatic N) is 1. The number of hydrogen-bond acceptors (Lipinski definition) is 3. The first kappa shape index (κ1) is 17.5. The van der Waals surface area contributed by atoms with E-state index in [2.05, 4.69) is 4.98 Å². The van der Waals surface area contributed by atoms with Crippen LogP contribution in [-0.2, 0) is 11.2 Å². The van der Waals surface area contributed by atoms with Gasteiger partial charge in [0.05, 0.1) is 10.5 Å². The summed E-state index contributed by atoms with van der Waals surface area (Å²) in [6.45, 7) is 1.50. The van der Waals surface area contributed by atoms with E-state index in [1.807, 2.05) is 37.3 Å². The number of benzene rings is 2. The lowest BCUT2D eigenvalue weighted by Gasteiger charge is -2.12. The van der Waals surface area contributed by atoms with Gasteiger partial charge in [-0.2, -0.15) is 0 Å². The molecule has 128 valence electrons. The first-order valence-electron chi connectivity index (χ1n) is 7.62. The maximum Gasteiger partial charge on any atom is 0.341 e. The molecule has 0 saturated carbocycles. The number of aryl methyl sites for hydroxylation is 1. The second-order valence-electron chi connectivity index (χ2n) is 5.66. The second kappa shape index (κ2) is 7.30. The molecule has 0 radical (unpaired) electrons. The van der Waals surface area contributed by atoms with Gasteiger partial charge in [-0.3, -0.25) is 4.98 Å². The van der Waals surface area contributed by atoms with Crippen LogP contribution in [0, 0.1) is 6.92 Å². The van der Waals surface area contributed by atoms with E-state index in [1.165, 1.54) is 0 Å². The van der Waals surface area contributed by atoms with Crippen LogP contribution in [0.2, 0.25) is 10.0 Å². The lowest BCUT2D eigenvalue weighted by atomic mass is 10.0. The predicted octanol–water partition coefficient (Wildman–Crippen LogP) is 4.90. The summed E-state index contributed by atoms with van der Waals surface area (Å²) in [5, 5.41) is 10.7. The third-order valence-corrected chi connectivity index (χ3v) is 4.41. The van der Waals surface area contributed by atoms with Gasteiger partial charge in [0.2, 0.25) is 0 Å². The van der Waals surface area contributed by atoms with Crippen molar-refractivity contribution in [2.45, 2.75) is 13.3 Å². The van der Waals surface area contributed by atoms with Crippen LogP contribution in [0.5, 0.6) is 5.75 Å². The molecule has 2 aromatic carbocycles. The minimum Gasteiger partial charge on any atom is -0.481 e. The molecular weight excluding hydrogens is 361 g/mol. The van der Waals surface area contributed by atoms with Crippen molar-refractivity contribution in [3.8, 4) is 5.75 Å². The van der Waals surface area contributed by atoms with E-state index >= 15 is 0 Å². The second-order valence-corrected chi connectivity index (χ2v) is 6.50. The Balaban J connectivity index is 2.04. The third kappa shape index (κ3) is 4.03. The highest BCUT2D eigenvalue weighted by Crippen LogP contribution is 2.32. The minimum atomic E-state index is -1.04. The Bertz CT molecular complexity index is 940. The van der Waals surface area contributed by atoms with E-state index < -0.39 is 12.6 Å². The molecule has 0 unspecified atom stereocenters. The highest BCUT2D eigenvalue weighted by Gasteiger charge is 2.12. The Morgan fingerprint density at radius 1 is 1.16 bits per heavy atom. The molecule has 0 spiro atoms. The topological polar surface area (TPSA) is 59.4 Å². The Morgan fingerprint density at radius 2 is 1.88 bits per heavy atom. The Labute approximate surface area is 155 Å². The van der Waals surface area contributed by atoms with E-state index in [9.17, 15) is 4.79 Å². The highest BCUT2D eigenvalue weighted by molar-refractivity contribution is 6.35. The standard InChI is InChI=1S/C19H15Cl2NO3/c1-11-13(8-12-2-4-14(20)5-3-12)9-15-17(25-10-18(23)24)7-6-16(21)19(15)22-11/h2-7,9H,8,10H2,1H3,(H,23,24). The molecule has 3 aromatic rings. The van der Waals surface area contributed by atoms with Crippen LogP contribution in [0.1, 0.15) is 16.8 Å². The number of carboxylic acid groups (broad SMARTS) is 1. The maximum atomic E-state index is 10.8. The van der Waals surface area contributed by atoms with Crippen molar-refractivity contribution in [3.63, 3.8) is 0 Å². The molecule has 0 saturated heterocycles. The molecule has 3 rings (SSSR count). The van der Waals surface area contributed by atoms with E-state index in [0.29, 0.717) is 33.1 Å². The number of carbonyl (C=O) groups is 1. The molecule has 4 nitrogen and oxygen atoms in total. The van der Waals surface area contributed by atoms with Crippen molar-refractivity contribution in [2.24, 2.45) is 0 Å². The van der Waals surface area contributed by atoms with Gasteiger partial charge in [-0.25, -0.2) is 4.79 Å². The first-order valence-corrected chi connectivity index (χ1v) is 8.37. The van der Waals surface area contributed by atoms with E-state index in [4.69, 9.17) is 33.0 Å². The minimum absolute atomic E-state index is 0.420. The van der Waals surface area contributed by atoms with E-state index in [1.54, 1.807) is 12.1 Å². The monoisotopic (exact) mass is 375 g/mol. The van der Waals surface area contributed by atoms with Crippen LogP contribution in [0.4, 0.5) is 0 Å². The summed E-state index contributed by atoms with van der Waals surface area (Å²) in [7, 11) is 0. The summed E-state index contributed by atoms with van der Waals surface area (Å²) < 4.78 is 5.38.